The first-order chi connectivity index (χ1) is 8.89. The van der Waals surface area contributed by atoms with E-state index < -0.39 is 0 Å². The Bertz CT molecular complexity index is 474. The van der Waals surface area contributed by atoms with E-state index in [0.717, 1.165) is 6.32 Å². The Kier molecular flexibility index (Phi) is 3.05. The summed E-state index contributed by atoms with van der Waals surface area (Å²) in [5, 5.41) is 0. The zero-order chi connectivity index (χ0) is 13.7. The Morgan fingerprint density at radius 3 is 2.32 bits per heavy atom. The highest BCUT2D eigenvalue weighted by molar-refractivity contribution is 6.68. The number of fused-ring (bicyclic) bond motifs is 1. The van der Waals surface area contributed by atoms with Gasteiger partial charge in [-0.3, -0.25) is 0 Å². The highest BCUT2D eigenvalue weighted by Gasteiger charge is 2.49. The van der Waals surface area contributed by atoms with Crippen molar-refractivity contribution in [1.82, 2.24) is 0 Å². The molecule has 0 radical (unpaired) electrons. The van der Waals surface area contributed by atoms with Crippen molar-refractivity contribution in [2.75, 3.05) is 0 Å². The molecule has 1 aliphatic heterocycles. The number of hydrogen-bond donors (Lipinski definition) is 0. The molecule has 0 unspecified atom stereocenters. The Balaban J connectivity index is 1.88. The molecule has 0 saturated carbocycles. The zero-order valence-corrected chi connectivity index (χ0v) is 12.8. The molecule has 1 heterocycles. The fourth-order valence-electron chi connectivity index (χ4n) is 3.41. The summed E-state index contributed by atoms with van der Waals surface area (Å²) in [5.74, 6) is 0. The van der Waals surface area contributed by atoms with Gasteiger partial charge in [-0.05, 0) is 67.9 Å². The largest absolute Gasteiger partial charge is 0.426 e. The van der Waals surface area contributed by atoms with Gasteiger partial charge < -0.3 is 4.65 Å². The van der Waals surface area contributed by atoms with Gasteiger partial charge in [0.25, 0.3) is 0 Å². The monoisotopic (exact) mass is 256 g/mol. The van der Waals surface area contributed by atoms with Crippen molar-refractivity contribution in [3.8, 4) is 0 Å². The maximum atomic E-state index is 6.34. The molecule has 1 fully saturated rings. The third-order valence-corrected chi connectivity index (χ3v) is 5.51. The van der Waals surface area contributed by atoms with Gasteiger partial charge in [0.05, 0.1) is 5.60 Å². The third kappa shape index (κ3) is 2.25. The maximum absolute atomic E-state index is 6.34. The number of benzene rings is 1. The molecule has 19 heavy (non-hydrogen) atoms. The van der Waals surface area contributed by atoms with Gasteiger partial charge in [-0.15, -0.1) is 0 Å². The van der Waals surface area contributed by atoms with Crippen molar-refractivity contribution in [2.24, 2.45) is 5.41 Å². The molecular formula is C17H25BO. The van der Waals surface area contributed by atoms with Crippen molar-refractivity contribution < 1.29 is 4.65 Å². The van der Waals surface area contributed by atoms with E-state index in [9.17, 15) is 0 Å². The minimum atomic E-state index is -0.0342. The summed E-state index contributed by atoms with van der Waals surface area (Å²) in [5.41, 5.74) is 4.72. The number of hydrogen-bond acceptors (Lipinski definition) is 1. The summed E-state index contributed by atoms with van der Waals surface area (Å²) in [6, 6.07) is 7.05. The molecule has 0 N–H and O–H groups in total. The minimum Gasteiger partial charge on any atom is -0.426 e. The molecular weight excluding hydrogens is 231 g/mol. The van der Waals surface area contributed by atoms with Gasteiger partial charge in [-0.1, -0.05) is 32.0 Å². The minimum absolute atomic E-state index is 0.0342. The molecule has 1 nitrogen and oxygen atoms in total. The Labute approximate surface area is 117 Å². The van der Waals surface area contributed by atoms with Crippen LogP contribution in [-0.4, -0.2) is 12.5 Å². The second-order valence-electron chi connectivity index (χ2n) is 7.44. The van der Waals surface area contributed by atoms with Crippen LogP contribution in [0.3, 0.4) is 0 Å². The average molecular weight is 256 g/mol. The molecule has 102 valence electrons. The van der Waals surface area contributed by atoms with E-state index in [-0.39, 0.29) is 17.9 Å². The third-order valence-electron chi connectivity index (χ3n) is 5.51. The summed E-state index contributed by atoms with van der Waals surface area (Å²) < 4.78 is 6.34. The normalized spacial score (nSPS) is 24.3. The van der Waals surface area contributed by atoms with Crippen LogP contribution in [0.2, 0.25) is 6.32 Å². The second kappa shape index (κ2) is 4.38. The van der Waals surface area contributed by atoms with Crippen LogP contribution in [-0.2, 0) is 17.5 Å². The smallest absolute Gasteiger partial charge is 0.327 e. The summed E-state index contributed by atoms with van der Waals surface area (Å²) >= 11 is 0. The molecule has 2 aliphatic rings. The lowest BCUT2D eigenvalue weighted by atomic mass is 9.54. The Morgan fingerprint density at radius 2 is 1.68 bits per heavy atom. The van der Waals surface area contributed by atoms with Crippen molar-refractivity contribution in [3.05, 3.63) is 29.3 Å². The van der Waals surface area contributed by atoms with Gasteiger partial charge in [0.15, 0.2) is 0 Å². The molecule has 3 rings (SSSR count). The summed E-state index contributed by atoms with van der Waals surface area (Å²) in [7, 11) is 0. The van der Waals surface area contributed by atoms with Gasteiger partial charge in [0.1, 0.15) is 0 Å². The fraction of sp³-hybridized carbons (Fsp3) is 0.647. The van der Waals surface area contributed by atoms with E-state index in [4.69, 9.17) is 4.65 Å². The lowest BCUT2D eigenvalue weighted by Crippen LogP contribution is -2.36. The van der Waals surface area contributed by atoms with Crippen molar-refractivity contribution >= 4 is 12.4 Å². The van der Waals surface area contributed by atoms with E-state index in [1.807, 2.05) is 0 Å². The van der Waals surface area contributed by atoms with E-state index in [2.05, 4.69) is 45.9 Å². The second-order valence-corrected chi connectivity index (χ2v) is 7.44. The van der Waals surface area contributed by atoms with Gasteiger partial charge in [0.2, 0.25) is 0 Å². The highest BCUT2D eigenvalue weighted by Crippen LogP contribution is 2.45. The first kappa shape index (κ1) is 13.2. The standard InChI is InChI=1S/C17H25BO/c1-16(2)12-18(19-17(16,3)4)15-10-9-13-7-5-6-8-14(13)11-15/h9-11H,5-8,12H2,1-4H3. The molecule has 0 spiro atoms. The fourth-order valence-corrected chi connectivity index (χ4v) is 3.41. The topological polar surface area (TPSA) is 9.23 Å². The Hall–Kier alpha value is -0.755. The quantitative estimate of drug-likeness (QED) is 0.697. The van der Waals surface area contributed by atoms with Gasteiger partial charge in [-0.2, -0.15) is 0 Å². The molecule has 0 atom stereocenters. The van der Waals surface area contributed by atoms with Crippen LogP contribution in [0.5, 0.6) is 0 Å². The maximum Gasteiger partial charge on any atom is 0.327 e. The van der Waals surface area contributed by atoms with Crippen LogP contribution < -0.4 is 5.46 Å². The SMILES string of the molecule is CC1(C)CB(c2ccc3c(c2)CCCC3)OC1(C)C. The molecule has 0 amide bonds. The number of aryl methyl sites for hydroxylation is 2. The van der Waals surface area contributed by atoms with Crippen LogP contribution in [0, 0.1) is 5.41 Å². The first-order valence-corrected chi connectivity index (χ1v) is 7.69. The molecule has 2 heteroatoms. The zero-order valence-electron chi connectivity index (χ0n) is 12.8. The van der Waals surface area contributed by atoms with Crippen LogP contribution in [0.15, 0.2) is 18.2 Å². The van der Waals surface area contributed by atoms with E-state index in [1.54, 1.807) is 11.1 Å². The molecule has 1 aromatic rings. The van der Waals surface area contributed by atoms with E-state index in [0.29, 0.717) is 0 Å². The molecule has 0 bridgehead atoms. The predicted molar refractivity (Wildman–Crippen MR) is 82.2 cm³/mol. The number of rotatable bonds is 1. The van der Waals surface area contributed by atoms with Crippen molar-refractivity contribution in [1.29, 1.82) is 0 Å². The lowest BCUT2D eigenvalue weighted by molar-refractivity contribution is 0.0375. The molecule has 1 aromatic carbocycles. The van der Waals surface area contributed by atoms with Gasteiger partial charge in [0, 0.05) is 0 Å². The van der Waals surface area contributed by atoms with E-state index in [1.165, 1.54) is 31.1 Å². The predicted octanol–water partition coefficient (Wildman–Crippen LogP) is 3.60. The Morgan fingerprint density at radius 1 is 1.00 bits per heavy atom. The van der Waals surface area contributed by atoms with E-state index >= 15 is 0 Å². The van der Waals surface area contributed by atoms with Crippen LogP contribution >= 0.6 is 0 Å². The average Bonchev–Trinajstić information content (AvgIpc) is 2.58. The molecule has 1 saturated heterocycles. The first-order valence-electron chi connectivity index (χ1n) is 7.69. The summed E-state index contributed by atoms with van der Waals surface area (Å²) in [4.78, 5) is 0. The van der Waals surface area contributed by atoms with Crippen LogP contribution in [0.25, 0.3) is 0 Å². The molecule has 1 aliphatic carbocycles. The van der Waals surface area contributed by atoms with Gasteiger partial charge in [-0.25, -0.2) is 0 Å². The van der Waals surface area contributed by atoms with Crippen molar-refractivity contribution in [2.45, 2.75) is 65.3 Å². The lowest BCUT2D eigenvalue weighted by Gasteiger charge is -2.34. The van der Waals surface area contributed by atoms with Crippen LogP contribution in [0.4, 0.5) is 0 Å². The highest BCUT2D eigenvalue weighted by atomic mass is 16.5. The van der Waals surface area contributed by atoms with Crippen LogP contribution in [0.1, 0.15) is 51.7 Å². The molecule has 0 aromatic heterocycles. The van der Waals surface area contributed by atoms with Gasteiger partial charge >= 0.3 is 6.92 Å². The summed E-state index contributed by atoms with van der Waals surface area (Å²) in [6.07, 6.45) is 6.34. The van der Waals surface area contributed by atoms with Crippen molar-refractivity contribution in [3.63, 3.8) is 0 Å². The summed E-state index contributed by atoms with van der Waals surface area (Å²) in [6.45, 7) is 9.38.